The maximum Gasteiger partial charge on any atom is 0.119 e. The second-order valence-corrected chi connectivity index (χ2v) is 6.40. The number of ether oxygens (including phenoxy) is 1. The molecule has 1 aromatic rings. The van der Waals surface area contributed by atoms with E-state index in [1.807, 2.05) is 24.3 Å². The highest BCUT2D eigenvalue weighted by atomic mass is 16.5. The van der Waals surface area contributed by atoms with Gasteiger partial charge in [-0.1, -0.05) is 44.7 Å². The van der Waals surface area contributed by atoms with Gasteiger partial charge in [-0.3, -0.25) is 0 Å². The SMILES string of the molecule is CCCCCCCOc1ccc(CC[C@@](N)(CO)CCO)cc1. The monoisotopic (exact) mass is 323 g/mol. The molecule has 4 N–H and O–H groups in total. The van der Waals surface area contributed by atoms with Crippen molar-refractivity contribution in [3.8, 4) is 5.75 Å². The van der Waals surface area contributed by atoms with E-state index in [9.17, 15) is 5.11 Å². The predicted molar refractivity (Wildman–Crippen MR) is 94.7 cm³/mol. The van der Waals surface area contributed by atoms with Crippen LogP contribution in [0, 0.1) is 0 Å². The molecule has 0 saturated heterocycles. The van der Waals surface area contributed by atoms with Crippen molar-refractivity contribution in [2.75, 3.05) is 19.8 Å². The number of nitrogens with two attached hydrogens (primary N) is 1. The molecule has 1 aromatic carbocycles. The summed E-state index contributed by atoms with van der Waals surface area (Å²) in [7, 11) is 0. The number of benzene rings is 1. The van der Waals surface area contributed by atoms with Crippen molar-refractivity contribution in [2.24, 2.45) is 5.73 Å². The lowest BCUT2D eigenvalue weighted by atomic mass is 9.90. The molecule has 0 aromatic heterocycles. The van der Waals surface area contributed by atoms with E-state index in [2.05, 4.69) is 6.92 Å². The molecule has 4 nitrogen and oxygen atoms in total. The zero-order chi connectivity index (χ0) is 17.0. The van der Waals surface area contributed by atoms with Crippen LogP contribution in [-0.2, 0) is 6.42 Å². The first kappa shape index (κ1) is 19.9. The van der Waals surface area contributed by atoms with Crippen LogP contribution in [-0.4, -0.2) is 35.6 Å². The lowest BCUT2D eigenvalue weighted by Gasteiger charge is -2.26. The van der Waals surface area contributed by atoms with Crippen molar-refractivity contribution in [1.29, 1.82) is 0 Å². The summed E-state index contributed by atoms with van der Waals surface area (Å²) in [5.74, 6) is 0.903. The van der Waals surface area contributed by atoms with E-state index in [-0.39, 0.29) is 13.2 Å². The molecule has 0 amide bonds. The molecule has 0 saturated carbocycles. The van der Waals surface area contributed by atoms with E-state index in [0.717, 1.165) is 25.2 Å². The van der Waals surface area contributed by atoms with Crippen molar-refractivity contribution >= 4 is 0 Å². The van der Waals surface area contributed by atoms with E-state index in [4.69, 9.17) is 15.6 Å². The minimum absolute atomic E-state index is 0.00208. The van der Waals surface area contributed by atoms with Crippen LogP contribution in [0.5, 0.6) is 5.75 Å². The quantitative estimate of drug-likeness (QED) is 0.488. The fourth-order valence-corrected chi connectivity index (χ4v) is 2.55. The molecule has 23 heavy (non-hydrogen) atoms. The summed E-state index contributed by atoms with van der Waals surface area (Å²) in [6, 6.07) is 8.07. The average molecular weight is 323 g/mol. The van der Waals surface area contributed by atoms with Crippen LogP contribution in [0.15, 0.2) is 24.3 Å². The van der Waals surface area contributed by atoms with E-state index >= 15 is 0 Å². The van der Waals surface area contributed by atoms with Gasteiger partial charge < -0.3 is 20.7 Å². The molecule has 0 spiro atoms. The summed E-state index contributed by atoms with van der Waals surface area (Å²) in [4.78, 5) is 0. The van der Waals surface area contributed by atoms with E-state index in [0.29, 0.717) is 12.8 Å². The second-order valence-electron chi connectivity index (χ2n) is 6.40. The molecular weight excluding hydrogens is 290 g/mol. The van der Waals surface area contributed by atoms with Gasteiger partial charge in [-0.2, -0.15) is 0 Å². The summed E-state index contributed by atoms with van der Waals surface area (Å²) >= 11 is 0. The third kappa shape index (κ3) is 8.35. The standard InChI is InChI=1S/C19H33NO3/c1-2-3-4-5-6-15-23-18-9-7-17(8-10-18)11-12-19(20,16-22)13-14-21/h7-10,21-22H,2-6,11-16,20H2,1H3/t19-/m0/s1. The molecule has 4 heteroatoms. The van der Waals surface area contributed by atoms with Gasteiger partial charge in [-0.25, -0.2) is 0 Å². The molecule has 0 aliphatic carbocycles. The maximum absolute atomic E-state index is 9.36. The minimum atomic E-state index is -0.692. The Morgan fingerprint density at radius 3 is 2.30 bits per heavy atom. The molecule has 0 bridgehead atoms. The summed E-state index contributed by atoms with van der Waals surface area (Å²) in [5.41, 5.74) is 6.54. The minimum Gasteiger partial charge on any atom is -0.494 e. The van der Waals surface area contributed by atoms with Crippen molar-refractivity contribution < 1.29 is 14.9 Å². The van der Waals surface area contributed by atoms with Crippen molar-refractivity contribution in [3.05, 3.63) is 29.8 Å². The first-order valence-electron chi connectivity index (χ1n) is 8.86. The summed E-state index contributed by atoms with van der Waals surface area (Å²) in [6.07, 6.45) is 8.06. The predicted octanol–water partition coefficient (Wildman–Crippen LogP) is 3.04. The Kier molecular flexibility index (Phi) is 9.92. The fraction of sp³-hybridized carbons (Fsp3) is 0.684. The van der Waals surface area contributed by atoms with Gasteiger partial charge in [-0.05, 0) is 43.4 Å². The third-order valence-electron chi connectivity index (χ3n) is 4.28. The lowest BCUT2D eigenvalue weighted by molar-refractivity contribution is 0.149. The molecule has 0 unspecified atom stereocenters. The first-order valence-corrected chi connectivity index (χ1v) is 8.86. The van der Waals surface area contributed by atoms with Gasteiger partial charge in [0.25, 0.3) is 0 Å². The molecule has 0 aliphatic rings. The first-order chi connectivity index (χ1) is 11.1. The molecule has 0 heterocycles. The molecule has 1 rings (SSSR count). The average Bonchev–Trinajstić information content (AvgIpc) is 2.57. The Balaban J connectivity index is 2.30. The molecule has 1 atom stereocenters. The Morgan fingerprint density at radius 1 is 1.00 bits per heavy atom. The largest absolute Gasteiger partial charge is 0.494 e. The van der Waals surface area contributed by atoms with Gasteiger partial charge >= 0.3 is 0 Å². The lowest BCUT2D eigenvalue weighted by Crippen LogP contribution is -2.44. The normalized spacial score (nSPS) is 13.7. The van der Waals surface area contributed by atoms with E-state index in [1.165, 1.54) is 31.2 Å². The molecule has 0 radical (unpaired) electrons. The van der Waals surface area contributed by atoms with Crippen LogP contribution in [0.2, 0.25) is 0 Å². The Labute approximate surface area is 140 Å². The number of aliphatic hydroxyl groups excluding tert-OH is 2. The van der Waals surface area contributed by atoms with Gasteiger partial charge in [0.05, 0.1) is 13.2 Å². The van der Waals surface area contributed by atoms with E-state index < -0.39 is 5.54 Å². The third-order valence-corrected chi connectivity index (χ3v) is 4.28. The van der Waals surface area contributed by atoms with Crippen LogP contribution < -0.4 is 10.5 Å². The summed E-state index contributed by atoms with van der Waals surface area (Å²) in [6.45, 7) is 2.89. The smallest absolute Gasteiger partial charge is 0.119 e. The number of hydrogen-bond acceptors (Lipinski definition) is 4. The van der Waals surface area contributed by atoms with Crippen molar-refractivity contribution in [1.82, 2.24) is 0 Å². The number of rotatable bonds is 13. The number of unbranched alkanes of at least 4 members (excludes halogenated alkanes) is 4. The Bertz CT molecular complexity index is 408. The van der Waals surface area contributed by atoms with E-state index in [1.54, 1.807) is 0 Å². The van der Waals surface area contributed by atoms with Crippen LogP contribution in [0.1, 0.15) is 57.4 Å². The van der Waals surface area contributed by atoms with Crippen LogP contribution in [0.4, 0.5) is 0 Å². The summed E-state index contributed by atoms with van der Waals surface area (Å²) in [5, 5.41) is 18.4. The summed E-state index contributed by atoms with van der Waals surface area (Å²) < 4.78 is 5.75. The highest BCUT2D eigenvalue weighted by molar-refractivity contribution is 5.27. The Morgan fingerprint density at radius 2 is 1.70 bits per heavy atom. The number of hydrogen-bond donors (Lipinski definition) is 3. The van der Waals surface area contributed by atoms with Gasteiger partial charge in [-0.15, -0.1) is 0 Å². The molecule has 0 aliphatic heterocycles. The Hall–Kier alpha value is -1.10. The maximum atomic E-state index is 9.36. The number of aliphatic hydroxyl groups is 2. The van der Waals surface area contributed by atoms with Crippen LogP contribution in [0.25, 0.3) is 0 Å². The highest BCUT2D eigenvalue weighted by Gasteiger charge is 2.22. The molecule has 132 valence electrons. The number of aryl methyl sites for hydroxylation is 1. The van der Waals surface area contributed by atoms with Crippen LogP contribution in [0.3, 0.4) is 0 Å². The van der Waals surface area contributed by atoms with Gasteiger partial charge in [0, 0.05) is 12.1 Å². The highest BCUT2D eigenvalue weighted by Crippen LogP contribution is 2.18. The topological polar surface area (TPSA) is 75.7 Å². The van der Waals surface area contributed by atoms with Gasteiger partial charge in [0.1, 0.15) is 5.75 Å². The fourth-order valence-electron chi connectivity index (χ4n) is 2.55. The van der Waals surface area contributed by atoms with Crippen LogP contribution >= 0.6 is 0 Å². The second kappa shape index (κ2) is 11.4. The molecule has 0 fully saturated rings. The zero-order valence-corrected chi connectivity index (χ0v) is 14.5. The molecular formula is C19H33NO3. The van der Waals surface area contributed by atoms with Crippen molar-refractivity contribution in [2.45, 2.75) is 63.8 Å². The van der Waals surface area contributed by atoms with Gasteiger partial charge in [0.2, 0.25) is 0 Å². The van der Waals surface area contributed by atoms with Gasteiger partial charge in [0.15, 0.2) is 0 Å². The zero-order valence-electron chi connectivity index (χ0n) is 14.5. The van der Waals surface area contributed by atoms with Crippen molar-refractivity contribution in [3.63, 3.8) is 0 Å².